The van der Waals surface area contributed by atoms with Crippen LogP contribution in [0.1, 0.15) is 48.0 Å². The van der Waals surface area contributed by atoms with Gasteiger partial charge in [0.25, 0.3) is 0 Å². The second-order valence-corrected chi connectivity index (χ2v) is 7.21. The molecule has 1 spiro atoms. The summed E-state index contributed by atoms with van der Waals surface area (Å²) >= 11 is 0. The van der Waals surface area contributed by atoms with Gasteiger partial charge in [0.05, 0.1) is 12.7 Å². The van der Waals surface area contributed by atoms with Gasteiger partial charge in [0.15, 0.2) is 0 Å². The van der Waals surface area contributed by atoms with Crippen LogP contribution in [0.2, 0.25) is 0 Å². The number of primary amides is 1. The minimum Gasteiger partial charge on any atom is -0.373 e. The third-order valence-electron chi connectivity index (χ3n) is 5.62. The highest BCUT2D eigenvalue weighted by Gasteiger charge is 2.55. The average molecular weight is 321 g/mol. The zero-order chi connectivity index (χ0) is 16.6. The Labute approximate surface area is 142 Å². The van der Waals surface area contributed by atoms with Gasteiger partial charge in [-0.05, 0) is 53.5 Å². The molecule has 2 aliphatic carbocycles. The number of carbonyl (C=O) groups excluding carboxylic acids is 1. The van der Waals surface area contributed by atoms with Crippen molar-refractivity contribution in [3.8, 4) is 11.1 Å². The van der Waals surface area contributed by atoms with Crippen LogP contribution >= 0.6 is 0 Å². The first-order chi connectivity index (χ1) is 11.7. The maximum absolute atomic E-state index is 11.1. The molecule has 0 saturated heterocycles. The second-order valence-electron chi connectivity index (χ2n) is 7.21. The van der Waals surface area contributed by atoms with E-state index in [0.29, 0.717) is 23.7 Å². The van der Waals surface area contributed by atoms with Gasteiger partial charge in [0, 0.05) is 5.56 Å². The van der Waals surface area contributed by atoms with Gasteiger partial charge in [-0.1, -0.05) is 49.2 Å². The monoisotopic (exact) mass is 321 g/mol. The lowest BCUT2D eigenvalue weighted by molar-refractivity contribution is 0.0776. The summed E-state index contributed by atoms with van der Waals surface area (Å²) in [7, 11) is 0. The van der Waals surface area contributed by atoms with Gasteiger partial charge < -0.3 is 10.5 Å². The van der Waals surface area contributed by atoms with Crippen molar-refractivity contribution >= 4 is 5.91 Å². The minimum absolute atomic E-state index is 0.394. The molecule has 1 atom stereocenters. The average Bonchev–Trinajstić information content (AvgIpc) is 3.06. The number of hydrogen-bond acceptors (Lipinski definition) is 2. The van der Waals surface area contributed by atoms with Crippen molar-refractivity contribution in [3.63, 3.8) is 0 Å². The van der Waals surface area contributed by atoms with Crippen LogP contribution in [-0.4, -0.2) is 12.0 Å². The lowest BCUT2D eigenvalue weighted by Gasteiger charge is -2.10. The molecule has 0 heterocycles. The molecule has 2 aromatic carbocycles. The molecule has 0 aromatic heterocycles. The fraction of sp³-hybridized carbons (Fsp3) is 0.381. The molecule has 0 aliphatic heterocycles. The maximum Gasteiger partial charge on any atom is 0.248 e. The molecule has 2 saturated carbocycles. The van der Waals surface area contributed by atoms with Gasteiger partial charge in [-0.15, -0.1) is 0 Å². The molecule has 2 aromatic rings. The van der Waals surface area contributed by atoms with E-state index < -0.39 is 5.91 Å². The summed E-state index contributed by atoms with van der Waals surface area (Å²) in [6.07, 6.45) is 7.22. The Morgan fingerprint density at radius 2 is 1.58 bits per heavy atom. The Bertz CT molecular complexity index is 727. The van der Waals surface area contributed by atoms with Crippen LogP contribution in [0.3, 0.4) is 0 Å². The van der Waals surface area contributed by atoms with Crippen molar-refractivity contribution in [1.29, 1.82) is 0 Å². The molecule has 2 aliphatic rings. The van der Waals surface area contributed by atoms with Crippen LogP contribution in [0.25, 0.3) is 11.1 Å². The highest BCUT2D eigenvalue weighted by atomic mass is 16.5. The lowest BCUT2D eigenvalue weighted by atomic mass is 10.0. The third-order valence-corrected chi connectivity index (χ3v) is 5.62. The predicted octanol–water partition coefficient (Wildman–Crippen LogP) is 4.30. The summed E-state index contributed by atoms with van der Waals surface area (Å²) < 4.78 is 6.11. The van der Waals surface area contributed by atoms with Crippen LogP contribution < -0.4 is 5.73 Å². The minimum atomic E-state index is -0.394. The zero-order valence-corrected chi connectivity index (χ0v) is 13.8. The first kappa shape index (κ1) is 15.4. The molecular weight excluding hydrogens is 298 g/mol. The fourth-order valence-electron chi connectivity index (χ4n) is 3.97. The highest BCUT2D eigenvalue weighted by molar-refractivity contribution is 5.93. The van der Waals surface area contributed by atoms with E-state index in [1.54, 1.807) is 12.1 Å². The van der Waals surface area contributed by atoms with Crippen molar-refractivity contribution in [2.45, 2.75) is 44.8 Å². The number of benzene rings is 2. The first-order valence-corrected chi connectivity index (χ1v) is 8.77. The molecule has 4 rings (SSSR count). The molecule has 1 amide bonds. The van der Waals surface area contributed by atoms with Crippen LogP contribution in [0.5, 0.6) is 0 Å². The molecule has 24 heavy (non-hydrogen) atoms. The van der Waals surface area contributed by atoms with E-state index in [0.717, 1.165) is 11.1 Å². The molecule has 3 nitrogen and oxygen atoms in total. The van der Waals surface area contributed by atoms with Gasteiger partial charge >= 0.3 is 0 Å². The van der Waals surface area contributed by atoms with Crippen LogP contribution in [-0.2, 0) is 11.3 Å². The van der Waals surface area contributed by atoms with Gasteiger partial charge in [0.1, 0.15) is 0 Å². The molecule has 1 unspecified atom stereocenters. The number of hydrogen-bond donors (Lipinski definition) is 1. The van der Waals surface area contributed by atoms with Crippen molar-refractivity contribution in [2.75, 3.05) is 0 Å². The van der Waals surface area contributed by atoms with E-state index in [9.17, 15) is 4.79 Å². The molecule has 0 bridgehead atoms. The van der Waals surface area contributed by atoms with Gasteiger partial charge in [0.2, 0.25) is 5.91 Å². The number of rotatable bonds is 5. The van der Waals surface area contributed by atoms with Crippen molar-refractivity contribution in [3.05, 3.63) is 59.7 Å². The summed E-state index contributed by atoms with van der Waals surface area (Å²) in [4.78, 5) is 11.1. The largest absolute Gasteiger partial charge is 0.373 e. The van der Waals surface area contributed by atoms with Gasteiger partial charge in [-0.3, -0.25) is 4.79 Å². The summed E-state index contributed by atoms with van der Waals surface area (Å²) in [5.41, 5.74) is 9.79. The summed E-state index contributed by atoms with van der Waals surface area (Å²) in [6.45, 7) is 0.702. The molecule has 2 N–H and O–H groups in total. The number of ether oxygens (including phenoxy) is 1. The lowest BCUT2D eigenvalue weighted by Crippen LogP contribution is -2.10. The van der Waals surface area contributed by atoms with Crippen LogP contribution in [0.4, 0.5) is 0 Å². The standard InChI is InChI=1S/C21H23NO2/c22-20(23)18-9-7-17(8-10-18)16-5-3-15(4-6-16)14-24-19-13-21(19)11-1-2-12-21/h3-10,19H,1-2,11-14H2,(H2,22,23). The molecule has 0 radical (unpaired) electrons. The summed E-state index contributed by atoms with van der Waals surface area (Å²) in [5.74, 6) is -0.394. The normalized spacial score (nSPS) is 21.1. The number of carbonyl (C=O) groups is 1. The molecule has 3 heteroatoms. The summed E-state index contributed by atoms with van der Waals surface area (Å²) in [6, 6.07) is 15.9. The van der Waals surface area contributed by atoms with Gasteiger partial charge in [-0.2, -0.15) is 0 Å². The Kier molecular flexibility index (Phi) is 3.89. The summed E-state index contributed by atoms with van der Waals surface area (Å²) in [5, 5.41) is 0. The number of nitrogens with two attached hydrogens (primary N) is 1. The molecular formula is C21H23NO2. The van der Waals surface area contributed by atoms with E-state index in [1.165, 1.54) is 37.7 Å². The first-order valence-electron chi connectivity index (χ1n) is 8.77. The SMILES string of the molecule is NC(=O)c1ccc(-c2ccc(COC3CC34CCCC4)cc2)cc1. The quantitative estimate of drug-likeness (QED) is 0.892. The van der Waals surface area contributed by atoms with Crippen molar-refractivity contribution < 1.29 is 9.53 Å². The van der Waals surface area contributed by atoms with Gasteiger partial charge in [-0.25, -0.2) is 0 Å². The van der Waals surface area contributed by atoms with Crippen LogP contribution in [0.15, 0.2) is 48.5 Å². The Morgan fingerprint density at radius 3 is 2.17 bits per heavy atom. The highest BCUT2D eigenvalue weighted by Crippen LogP contribution is 2.59. The van der Waals surface area contributed by atoms with Crippen LogP contribution in [0, 0.1) is 5.41 Å². The van der Waals surface area contributed by atoms with E-state index in [1.807, 2.05) is 12.1 Å². The third kappa shape index (κ3) is 2.96. The van der Waals surface area contributed by atoms with Crippen molar-refractivity contribution in [1.82, 2.24) is 0 Å². The Balaban J connectivity index is 1.37. The van der Waals surface area contributed by atoms with E-state index in [-0.39, 0.29) is 0 Å². The van der Waals surface area contributed by atoms with E-state index in [2.05, 4.69) is 24.3 Å². The predicted molar refractivity (Wildman–Crippen MR) is 94.5 cm³/mol. The second kappa shape index (κ2) is 6.06. The topological polar surface area (TPSA) is 52.3 Å². The zero-order valence-electron chi connectivity index (χ0n) is 13.8. The fourth-order valence-corrected chi connectivity index (χ4v) is 3.97. The Hall–Kier alpha value is -2.13. The Morgan fingerprint density at radius 1 is 1.00 bits per heavy atom. The smallest absolute Gasteiger partial charge is 0.248 e. The maximum atomic E-state index is 11.1. The number of amides is 1. The van der Waals surface area contributed by atoms with E-state index in [4.69, 9.17) is 10.5 Å². The molecule has 124 valence electrons. The molecule has 2 fully saturated rings. The van der Waals surface area contributed by atoms with E-state index >= 15 is 0 Å². The van der Waals surface area contributed by atoms with Crippen molar-refractivity contribution in [2.24, 2.45) is 11.1 Å².